The van der Waals surface area contributed by atoms with Crippen molar-refractivity contribution < 1.29 is 0 Å². The molecular formula is C16H21BrN4. The molecule has 1 fully saturated rings. The zero-order chi connectivity index (χ0) is 14.7. The van der Waals surface area contributed by atoms with Crippen LogP contribution >= 0.6 is 15.9 Å². The van der Waals surface area contributed by atoms with Crippen molar-refractivity contribution in [3.63, 3.8) is 0 Å². The van der Waals surface area contributed by atoms with Gasteiger partial charge in [-0.15, -0.1) is 0 Å². The second-order valence-corrected chi connectivity index (χ2v) is 6.84. The van der Waals surface area contributed by atoms with E-state index in [2.05, 4.69) is 62.5 Å². The van der Waals surface area contributed by atoms with Crippen molar-refractivity contribution in [1.29, 1.82) is 0 Å². The van der Waals surface area contributed by atoms with Crippen molar-refractivity contribution in [2.75, 3.05) is 6.54 Å². The van der Waals surface area contributed by atoms with Crippen LogP contribution in [-0.2, 0) is 12.0 Å². The van der Waals surface area contributed by atoms with Gasteiger partial charge in [0.1, 0.15) is 12.7 Å². The molecule has 3 rings (SSSR count). The molecule has 112 valence electrons. The predicted octanol–water partition coefficient (Wildman–Crippen LogP) is 3.14. The van der Waals surface area contributed by atoms with Crippen LogP contribution in [0.4, 0.5) is 0 Å². The van der Waals surface area contributed by atoms with Crippen LogP contribution in [0, 0.1) is 0 Å². The Morgan fingerprint density at radius 2 is 2.19 bits per heavy atom. The van der Waals surface area contributed by atoms with Crippen LogP contribution in [-0.4, -0.2) is 27.4 Å². The lowest BCUT2D eigenvalue weighted by Gasteiger charge is -2.21. The Kier molecular flexibility index (Phi) is 4.40. The summed E-state index contributed by atoms with van der Waals surface area (Å²) in [5.74, 6) is 0. The van der Waals surface area contributed by atoms with E-state index in [0.29, 0.717) is 11.5 Å². The number of aryl methyl sites for hydroxylation is 1. The van der Waals surface area contributed by atoms with Gasteiger partial charge in [-0.2, -0.15) is 5.10 Å². The van der Waals surface area contributed by atoms with Crippen LogP contribution < -0.4 is 5.32 Å². The monoisotopic (exact) mass is 348 g/mol. The molecule has 0 bridgehead atoms. The van der Waals surface area contributed by atoms with E-state index < -0.39 is 0 Å². The highest BCUT2D eigenvalue weighted by Crippen LogP contribution is 2.49. The molecule has 0 aliphatic heterocycles. The van der Waals surface area contributed by atoms with Gasteiger partial charge in [-0.05, 0) is 37.8 Å². The summed E-state index contributed by atoms with van der Waals surface area (Å²) in [5, 5.41) is 7.83. The number of nitrogens with zero attached hydrogens (tertiary/aromatic N) is 3. The standard InChI is InChI=1S/C16H21BrN4/c1-13(6-9-21-12-18-11-20-21)19-10-16(7-8-16)14-4-2-3-5-15(14)17/h2-5,11-13,19H,6-10H2,1H3/t13-/m1/s1. The Labute approximate surface area is 134 Å². The highest BCUT2D eigenvalue weighted by atomic mass is 79.9. The smallest absolute Gasteiger partial charge is 0.137 e. The van der Waals surface area contributed by atoms with E-state index in [1.807, 2.05) is 4.68 Å². The molecule has 0 saturated heterocycles. The van der Waals surface area contributed by atoms with E-state index in [1.165, 1.54) is 22.9 Å². The third-order valence-corrected chi connectivity index (χ3v) is 5.04. The molecule has 4 nitrogen and oxygen atoms in total. The summed E-state index contributed by atoms with van der Waals surface area (Å²) in [6.45, 7) is 4.21. The summed E-state index contributed by atoms with van der Waals surface area (Å²) in [5.41, 5.74) is 1.78. The first-order valence-corrected chi connectivity index (χ1v) is 8.30. The largest absolute Gasteiger partial charge is 0.313 e. The summed E-state index contributed by atoms with van der Waals surface area (Å²) in [6, 6.07) is 9.09. The molecule has 1 aliphatic carbocycles. The summed E-state index contributed by atoms with van der Waals surface area (Å²) in [4.78, 5) is 3.97. The molecule has 0 unspecified atom stereocenters. The van der Waals surface area contributed by atoms with Crippen LogP contribution in [0.25, 0.3) is 0 Å². The highest BCUT2D eigenvalue weighted by Gasteiger charge is 2.44. The van der Waals surface area contributed by atoms with Gasteiger partial charge in [0, 0.05) is 29.0 Å². The number of aromatic nitrogens is 3. The van der Waals surface area contributed by atoms with Crippen molar-refractivity contribution >= 4 is 15.9 Å². The van der Waals surface area contributed by atoms with Crippen molar-refractivity contribution in [1.82, 2.24) is 20.1 Å². The van der Waals surface area contributed by atoms with Gasteiger partial charge in [-0.25, -0.2) is 4.98 Å². The van der Waals surface area contributed by atoms with Crippen molar-refractivity contribution in [2.45, 2.75) is 44.2 Å². The quantitative estimate of drug-likeness (QED) is 0.835. The van der Waals surface area contributed by atoms with E-state index in [1.54, 1.807) is 12.7 Å². The minimum Gasteiger partial charge on any atom is -0.313 e. The van der Waals surface area contributed by atoms with E-state index in [0.717, 1.165) is 19.5 Å². The predicted molar refractivity (Wildman–Crippen MR) is 87.2 cm³/mol. The van der Waals surface area contributed by atoms with E-state index >= 15 is 0 Å². The Bertz CT molecular complexity index is 578. The molecule has 1 N–H and O–H groups in total. The van der Waals surface area contributed by atoms with Crippen LogP contribution in [0.2, 0.25) is 0 Å². The fourth-order valence-corrected chi connectivity index (χ4v) is 3.43. The van der Waals surface area contributed by atoms with Gasteiger partial charge in [0.05, 0.1) is 0 Å². The topological polar surface area (TPSA) is 42.7 Å². The summed E-state index contributed by atoms with van der Waals surface area (Å²) < 4.78 is 3.12. The van der Waals surface area contributed by atoms with Crippen LogP contribution in [0.15, 0.2) is 41.4 Å². The van der Waals surface area contributed by atoms with Gasteiger partial charge < -0.3 is 5.32 Å². The summed E-state index contributed by atoms with van der Waals surface area (Å²) in [7, 11) is 0. The molecular weight excluding hydrogens is 328 g/mol. The maximum absolute atomic E-state index is 4.14. The molecule has 21 heavy (non-hydrogen) atoms. The third kappa shape index (κ3) is 3.52. The van der Waals surface area contributed by atoms with E-state index in [4.69, 9.17) is 0 Å². The van der Waals surface area contributed by atoms with Gasteiger partial charge in [-0.1, -0.05) is 34.1 Å². The van der Waals surface area contributed by atoms with Crippen LogP contribution in [0.5, 0.6) is 0 Å². The molecule has 0 radical (unpaired) electrons. The average molecular weight is 349 g/mol. The SMILES string of the molecule is C[C@H](CCn1cncn1)NCC1(c2ccccc2Br)CC1. The second kappa shape index (κ2) is 6.28. The fourth-order valence-electron chi connectivity index (χ4n) is 2.73. The molecule has 1 aromatic carbocycles. The van der Waals surface area contributed by atoms with Crippen molar-refractivity contribution in [3.05, 3.63) is 47.0 Å². The molecule has 2 aromatic rings. The zero-order valence-corrected chi connectivity index (χ0v) is 13.9. The number of rotatable bonds is 7. The third-order valence-electron chi connectivity index (χ3n) is 4.35. The highest BCUT2D eigenvalue weighted by molar-refractivity contribution is 9.10. The first-order valence-electron chi connectivity index (χ1n) is 7.50. The lowest BCUT2D eigenvalue weighted by atomic mass is 9.95. The van der Waals surface area contributed by atoms with Gasteiger partial charge in [-0.3, -0.25) is 4.68 Å². The summed E-state index contributed by atoms with van der Waals surface area (Å²) >= 11 is 3.69. The minimum absolute atomic E-state index is 0.335. The molecule has 1 heterocycles. The first kappa shape index (κ1) is 14.7. The molecule has 0 amide bonds. The van der Waals surface area contributed by atoms with Gasteiger partial charge in [0.2, 0.25) is 0 Å². The number of benzene rings is 1. The molecule has 0 spiro atoms. The number of hydrogen-bond acceptors (Lipinski definition) is 3. The van der Waals surface area contributed by atoms with Crippen LogP contribution in [0.3, 0.4) is 0 Å². The Hall–Kier alpha value is -1.20. The maximum Gasteiger partial charge on any atom is 0.137 e. The van der Waals surface area contributed by atoms with Gasteiger partial charge in [0.15, 0.2) is 0 Å². The Morgan fingerprint density at radius 1 is 1.38 bits per heavy atom. The number of hydrogen-bond donors (Lipinski definition) is 1. The normalized spacial score (nSPS) is 17.6. The zero-order valence-electron chi connectivity index (χ0n) is 12.3. The fraction of sp³-hybridized carbons (Fsp3) is 0.500. The second-order valence-electron chi connectivity index (χ2n) is 5.99. The van der Waals surface area contributed by atoms with Gasteiger partial charge >= 0.3 is 0 Å². The minimum atomic E-state index is 0.335. The Balaban J connectivity index is 1.51. The molecule has 1 saturated carbocycles. The lowest BCUT2D eigenvalue weighted by molar-refractivity contribution is 0.436. The Morgan fingerprint density at radius 3 is 2.86 bits per heavy atom. The molecule has 1 aliphatic rings. The number of nitrogens with one attached hydrogen (secondary N) is 1. The first-order chi connectivity index (χ1) is 10.2. The number of halogens is 1. The molecule has 1 aromatic heterocycles. The van der Waals surface area contributed by atoms with Gasteiger partial charge in [0.25, 0.3) is 0 Å². The average Bonchev–Trinajstić information content (AvgIpc) is 3.09. The summed E-state index contributed by atoms with van der Waals surface area (Å²) in [6.07, 6.45) is 6.98. The van der Waals surface area contributed by atoms with E-state index in [9.17, 15) is 0 Å². The maximum atomic E-state index is 4.14. The van der Waals surface area contributed by atoms with E-state index in [-0.39, 0.29) is 0 Å². The van der Waals surface area contributed by atoms with Crippen LogP contribution in [0.1, 0.15) is 31.7 Å². The molecule has 1 atom stereocenters. The van der Waals surface area contributed by atoms with Crippen molar-refractivity contribution in [2.24, 2.45) is 0 Å². The molecule has 5 heteroatoms. The van der Waals surface area contributed by atoms with Crippen molar-refractivity contribution in [3.8, 4) is 0 Å². The lowest BCUT2D eigenvalue weighted by Crippen LogP contribution is -2.34.